The zero-order valence-electron chi connectivity index (χ0n) is 16.7. The van der Waals surface area contributed by atoms with Crippen LogP contribution in [0.3, 0.4) is 0 Å². The smallest absolute Gasteiger partial charge is 0.382 e. The van der Waals surface area contributed by atoms with E-state index in [0.29, 0.717) is 35.1 Å². The van der Waals surface area contributed by atoms with E-state index in [4.69, 9.17) is 5.73 Å². The van der Waals surface area contributed by atoms with Crippen LogP contribution in [0.5, 0.6) is 0 Å². The van der Waals surface area contributed by atoms with Crippen molar-refractivity contribution >= 4 is 28.3 Å². The van der Waals surface area contributed by atoms with Crippen LogP contribution in [0, 0.1) is 5.82 Å². The number of benzene rings is 1. The Morgan fingerprint density at radius 2 is 2.00 bits per heavy atom. The number of hydrogen-bond donors (Lipinski definition) is 1. The Kier molecular flexibility index (Phi) is 4.33. The topological polar surface area (TPSA) is 89.4 Å². The van der Waals surface area contributed by atoms with E-state index in [-0.39, 0.29) is 16.9 Å². The molecular formula is C21H16F4N6O. The molecule has 0 saturated carbocycles. The molecule has 4 aromatic rings. The monoisotopic (exact) mass is 444 g/mol. The van der Waals surface area contributed by atoms with Gasteiger partial charge in [0.2, 0.25) is 0 Å². The Hall–Kier alpha value is -3.76. The summed E-state index contributed by atoms with van der Waals surface area (Å²) in [6.07, 6.45) is -0.857. The Morgan fingerprint density at radius 3 is 2.75 bits per heavy atom. The number of aromatic nitrogens is 4. The lowest BCUT2D eigenvalue weighted by atomic mass is 10.1. The van der Waals surface area contributed by atoms with E-state index < -0.39 is 29.6 Å². The van der Waals surface area contributed by atoms with Crippen molar-refractivity contribution in [3.8, 4) is 0 Å². The summed E-state index contributed by atoms with van der Waals surface area (Å²) in [7, 11) is 1.50. The van der Waals surface area contributed by atoms with Gasteiger partial charge in [-0.3, -0.25) is 9.20 Å². The highest BCUT2D eigenvalue weighted by Crippen LogP contribution is 2.37. The minimum atomic E-state index is -4.54. The van der Waals surface area contributed by atoms with E-state index in [9.17, 15) is 22.4 Å². The third-order valence-electron chi connectivity index (χ3n) is 5.80. The lowest BCUT2D eigenvalue weighted by Crippen LogP contribution is -2.31. The highest BCUT2D eigenvalue weighted by Gasteiger charge is 2.36. The molecule has 0 saturated heterocycles. The summed E-state index contributed by atoms with van der Waals surface area (Å²) >= 11 is 0. The maximum atomic E-state index is 14.9. The molecule has 1 unspecified atom stereocenters. The Balaban J connectivity index is 1.53. The molecule has 0 radical (unpaired) electrons. The summed E-state index contributed by atoms with van der Waals surface area (Å²) in [4.78, 5) is 26.4. The summed E-state index contributed by atoms with van der Waals surface area (Å²) in [6, 6.07) is 4.24. The van der Waals surface area contributed by atoms with Gasteiger partial charge < -0.3 is 10.6 Å². The largest absolute Gasteiger partial charge is 0.433 e. The van der Waals surface area contributed by atoms with E-state index in [1.807, 2.05) is 0 Å². The number of nitrogens with two attached hydrogens (primary N) is 1. The first kappa shape index (κ1) is 20.2. The molecule has 1 amide bonds. The van der Waals surface area contributed by atoms with Crippen LogP contribution in [-0.4, -0.2) is 37.2 Å². The first-order chi connectivity index (χ1) is 15.1. The summed E-state index contributed by atoms with van der Waals surface area (Å²) in [5.41, 5.74) is 6.79. The van der Waals surface area contributed by atoms with Crippen molar-refractivity contribution in [3.63, 3.8) is 0 Å². The Labute approximate surface area is 178 Å². The van der Waals surface area contributed by atoms with Gasteiger partial charge in [0, 0.05) is 18.8 Å². The van der Waals surface area contributed by atoms with Crippen LogP contribution in [0.1, 0.15) is 39.8 Å². The molecule has 0 fully saturated rings. The molecule has 164 valence electrons. The Morgan fingerprint density at radius 1 is 1.22 bits per heavy atom. The van der Waals surface area contributed by atoms with Crippen LogP contribution in [0.25, 0.3) is 16.6 Å². The van der Waals surface area contributed by atoms with Gasteiger partial charge in [-0.15, -0.1) is 0 Å². The predicted molar refractivity (Wildman–Crippen MR) is 107 cm³/mol. The van der Waals surface area contributed by atoms with Crippen molar-refractivity contribution in [2.24, 2.45) is 0 Å². The average Bonchev–Trinajstić information content (AvgIpc) is 3.39. The molecule has 32 heavy (non-hydrogen) atoms. The van der Waals surface area contributed by atoms with Gasteiger partial charge in [-0.25, -0.2) is 19.3 Å². The van der Waals surface area contributed by atoms with Crippen LogP contribution < -0.4 is 5.73 Å². The van der Waals surface area contributed by atoms with Crippen molar-refractivity contribution in [1.29, 1.82) is 0 Å². The van der Waals surface area contributed by atoms with Crippen molar-refractivity contribution in [3.05, 3.63) is 65.1 Å². The number of alkyl halides is 3. The summed E-state index contributed by atoms with van der Waals surface area (Å²) < 4.78 is 55.4. The number of carbonyl (C=O) groups is 1. The van der Waals surface area contributed by atoms with Crippen molar-refractivity contribution in [2.45, 2.75) is 25.1 Å². The highest BCUT2D eigenvalue weighted by molar-refractivity contribution is 5.98. The number of hydrogen-bond acceptors (Lipinski definition) is 5. The van der Waals surface area contributed by atoms with Gasteiger partial charge in [0.25, 0.3) is 5.91 Å². The summed E-state index contributed by atoms with van der Waals surface area (Å²) in [5, 5.41) is 0. The number of rotatable bonds is 2. The van der Waals surface area contributed by atoms with Gasteiger partial charge >= 0.3 is 6.18 Å². The number of aryl methyl sites for hydroxylation is 1. The quantitative estimate of drug-likeness (QED) is 0.476. The zero-order valence-corrected chi connectivity index (χ0v) is 16.7. The van der Waals surface area contributed by atoms with Gasteiger partial charge in [0.15, 0.2) is 0 Å². The second-order valence-corrected chi connectivity index (χ2v) is 7.67. The lowest BCUT2D eigenvalue weighted by molar-refractivity contribution is -0.141. The second-order valence-electron chi connectivity index (χ2n) is 7.67. The molecular weight excluding hydrogens is 428 g/mol. The number of halogens is 4. The van der Waals surface area contributed by atoms with Gasteiger partial charge in [-0.1, -0.05) is 6.07 Å². The number of pyridine rings is 1. The normalized spacial score (nSPS) is 16.0. The summed E-state index contributed by atoms with van der Waals surface area (Å²) in [5.74, 6) is -1.20. The zero-order chi connectivity index (χ0) is 22.8. The molecule has 1 aromatic carbocycles. The van der Waals surface area contributed by atoms with Gasteiger partial charge in [-0.2, -0.15) is 13.2 Å². The van der Waals surface area contributed by atoms with Crippen molar-refractivity contribution < 1.29 is 22.4 Å². The average molecular weight is 444 g/mol. The third kappa shape index (κ3) is 3.03. The first-order valence-corrected chi connectivity index (χ1v) is 9.70. The van der Waals surface area contributed by atoms with Crippen LogP contribution in [0.15, 0.2) is 36.8 Å². The third-order valence-corrected chi connectivity index (χ3v) is 5.80. The fourth-order valence-electron chi connectivity index (χ4n) is 4.20. The molecule has 0 aliphatic heterocycles. The van der Waals surface area contributed by atoms with Crippen LogP contribution in [-0.2, 0) is 12.6 Å². The lowest BCUT2D eigenvalue weighted by Gasteiger charge is -2.26. The van der Waals surface area contributed by atoms with Crippen molar-refractivity contribution in [2.75, 3.05) is 12.8 Å². The maximum Gasteiger partial charge on any atom is 0.433 e. The van der Waals surface area contributed by atoms with Crippen molar-refractivity contribution in [1.82, 2.24) is 24.3 Å². The van der Waals surface area contributed by atoms with Gasteiger partial charge in [-0.05, 0) is 30.5 Å². The number of carbonyl (C=O) groups excluding carboxylic acids is 1. The Bertz CT molecular complexity index is 1400. The molecule has 1 aliphatic carbocycles. The predicted octanol–water partition coefficient (Wildman–Crippen LogP) is 3.78. The molecule has 0 bridgehead atoms. The summed E-state index contributed by atoms with van der Waals surface area (Å²) in [6.45, 7) is 0. The molecule has 11 heteroatoms. The number of nitrogens with zero attached hydrogens (tertiary/aromatic N) is 5. The number of amides is 1. The number of nitrogen functional groups attached to an aromatic ring is 1. The van der Waals surface area contributed by atoms with E-state index in [2.05, 4.69) is 15.0 Å². The molecule has 1 aliphatic rings. The van der Waals surface area contributed by atoms with E-state index >= 15 is 0 Å². The van der Waals surface area contributed by atoms with Crippen LogP contribution in [0.4, 0.5) is 23.4 Å². The number of fused-ring (bicyclic) bond motifs is 4. The molecule has 1 atom stereocenters. The highest BCUT2D eigenvalue weighted by atomic mass is 19.4. The second kappa shape index (κ2) is 6.87. The fourth-order valence-corrected chi connectivity index (χ4v) is 4.20. The molecule has 3 aromatic heterocycles. The minimum absolute atomic E-state index is 0.180. The number of imidazole rings is 1. The van der Waals surface area contributed by atoms with Crippen LogP contribution in [0.2, 0.25) is 0 Å². The molecule has 5 rings (SSSR count). The molecule has 0 spiro atoms. The number of anilines is 1. The van der Waals surface area contributed by atoms with Crippen LogP contribution >= 0.6 is 0 Å². The molecule has 3 heterocycles. The minimum Gasteiger partial charge on any atom is -0.382 e. The standard InChI is InChI=1S/C21H16F4N6O/c1-30(15-4-3-13-10(15)2-5-18(28-13)21(23,24)25)20(32)11-6-16-14(7-12(11)22)29-19(26)17-8-27-9-31(16)17/h2,5-9,15H,3-4H2,1H3,(H2,26,29). The maximum absolute atomic E-state index is 14.9. The van der Waals surface area contributed by atoms with Gasteiger partial charge in [0.05, 0.1) is 35.2 Å². The molecule has 2 N–H and O–H groups in total. The van der Waals surface area contributed by atoms with Gasteiger partial charge in [0.1, 0.15) is 22.8 Å². The SMILES string of the molecule is CN(C(=O)c1cc2c(cc1F)nc(N)c1cncn12)C1CCc2nc(C(F)(F)F)ccc21. The molecule has 7 nitrogen and oxygen atoms in total. The first-order valence-electron chi connectivity index (χ1n) is 9.70. The van der Waals surface area contributed by atoms with E-state index in [1.165, 1.54) is 36.6 Å². The fraction of sp³-hybridized carbons (Fsp3) is 0.238. The van der Waals surface area contributed by atoms with E-state index in [0.717, 1.165) is 12.1 Å². The van der Waals surface area contributed by atoms with E-state index in [1.54, 1.807) is 4.40 Å².